The van der Waals surface area contributed by atoms with Crippen molar-refractivity contribution in [3.63, 3.8) is 0 Å². The van der Waals surface area contributed by atoms with Gasteiger partial charge in [0.05, 0.1) is 10.7 Å². The fraction of sp³-hybridized carbons (Fsp3) is 0.325. The number of nitrogens with zero attached hydrogens (tertiary/aromatic N) is 4. The fourth-order valence-corrected chi connectivity index (χ4v) is 7.48. The zero-order valence-electron chi connectivity index (χ0n) is 29.6. The lowest BCUT2D eigenvalue weighted by molar-refractivity contribution is -0.120. The number of fused-ring (bicyclic) bond motifs is 1. The van der Waals surface area contributed by atoms with Crippen molar-refractivity contribution in [2.75, 3.05) is 32.1 Å². The van der Waals surface area contributed by atoms with E-state index in [9.17, 15) is 14.4 Å². The molecule has 0 bridgehead atoms. The summed E-state index contributed by atoms with van der Waals surface area (Å²) in [5.74, 6) is 1.04. The molecule has 52 heavy (non-hydrogen) atoms. The number of aromatic nitrogens is 3. The molecule has 5 heterocycles. The van der Waals surface area contributed by atoms with Crippen LogP contribution in [0.1, 0.15) is 42.4 Å². The number of hydrogen-bond donors (Lipinski definition) is 4. The molecule has 2 saturated heterocycles. The van der Waals surface area contributed by atoms with Crippen molar-refractivity contribution in [2.45, 2.75) is 57.8 Å². The number of nitrogens with one attached hydrogen (secondary N) is 4. The van der Waals surface area contributed by atoms with Crippen molar-refractivity contribution in [3.05, 3.63) is 105 Å². The summed E-state index contributed by atoms with van der Waals surface area (Å²) in [4.78, 5) is 48.0. The van der Waals surface area contributed by atoms with Gasteiger partial charge in [0, 0.05) is 99.8 Å². The summed E-state index contributed by atoms with van der Waals surface area (Å²) in [5, 5.41) is 13.3. The Hall–Kier alpha value is -5.10. The SMILES string of the molecule is Cc1c(-c2ccn3c(=O)c(CNC[C@H]4CCC(=O)N4)cnc3c2)cccc1-c1cccc(-c2ccc(CNC[C@@H]3CCC(=O)N3)c(N(C)C)n2)c1Cl. The molecule has 0 unspecified atom stereocenters. The number of rotatable bonds is 12. The number of amides is 2. The van der Waals surface area contributed by atoms with Crippen LogP contribution in [0.15, 0.2) is 77.9 Å². The molecule has 0 saturated carbocycles. The number of pyridine rings is 2. The highest BCUT2D eigenvalue weighted by atomic mass is 35.5. The third-order valence-electron chi connectivity index (χ3n) is 9.95. The minimum Gasteiger partial charge on any atom is -0.362 e. The molecule has 2 aliphatic heterocycles. The topological polar surface area (TPSA) is 133 Å². The van der Waals surface area contributed by atoms with E-state index in [1.54, 1.807) is 16.8 Å². The standard InChI is InChI=1S/C40H43ClN8O3/c1-24-30(25-16-17-49-35(18-25)44-21-27(40(49)52)20-43-23-29-12-15-37(51)46-29)6-4-7-31(24)32-8-5-9-33(38(32)41)34-13-10-26(39(47-34)48(2)3)19-42-22-28-11-14-36(50)45-28/h4-10,13,16-18,21,28-29,42-43H,11-12,14-15,19-20,22-23H2,1-3H3,(H,45,50)(H,46,51)/t28-,29+/m0/s1. The van der Waals surface area contributed by atoms with Crippen molar-refractivity contribution in [3.8, 4) is 33.5 Å². The molecule has 0 aliphatic carbocycles. The highest BCUT2D eigenvalue weighted by molar-refractivity contribution is 6.36. The summed E-state index contributed by atoms with van der Waals surface area (Å²) in [7, 11) is 3.96. The van der Waals surface area contributed by atoms with Crippen LogP contribution in [0, 0.1) is 6.92 Å². The molecular weight excluding hydrogens is 676 g/mol. The van der Waals surface area contributed by atoms with Crippen LogP contribution in [0.4, 0.5) is 5.82 Å². The molecular formula is C40H43ClN8O3. The molecule has 7 rings (SSSR count). The Morgan fingerprint density at radius 2 is 1.46 bits per heavy atom. The maximum atomic E-state index is 13.3. The average Bonchev–Trinajstić information content (AvgIpc) is 3.76. The first-order chi connectivity index (χ1) is 25.2. The second-order valence-electron chi connectivity index (χ2n) is 13.8. The maximum absolute atomic E-state index is 13.3. The van der Waals surface area contributed by atoms with Crippen LogP contribution in [-0.4, -0.2) is 65.5 Å². The zero-order chi connectivity index (χ0) is 36.4. The predicted molar refractivity (Wildman–Crippen MR) is 205 cm³/mol. The van der Waals surface area contributed by atoms with Gasteiger partial charge in [-0.15, -0.1) is 0 Å². The first kappa shape index (κ1) is 35.3. The van der Waals surface area contributed by atoms with Crippen molar-refractivity contribution < 1.29 is 9.59 Å². The van der Waals surface area contributed by atoms with Gasteiger partial charge in [-0.1, -0.05) is 54.1 Å². The average molecular weight is 719 g/mol. The Morgan fingerprint density at radius 1 is 0.827 bits per heavy atom. The zero-order valence-corrected chi connectivity index (χ0v) is 30.4. The molecule has 0 radical (unpaired) electrons. The Balaban J connectivity index is 1.11. The number of halogens is 1. The highest BCUT2D eigenvalue weighted by Crippen LogP contribution is 2.40. The Labute approximate surface area is 307 Å². The minimum atomic E-state index is -0.122. The van der Waals surface area contributed by atoms with Gasteiger partial charge in [-0.05, 0) is 60.2 Å². The second kappa shape index (κ2) is 15.2. The fourth-order valence-electron chi connectivity index (χ4n) is 7.16. The molecule has 3 aromatic heterocycles. The molecule has 2 atom stereocenters. The smallest absolute Gasteiger partial charge is 0.262 e. The number of hydrogen-bond acceptors (Lipinski definition) is 8. The highest BCUT2D eigenvalue weighted by Gasteiger charge is 2.22. The van der Waals surface area contributed by atoms with Crippen LogP contribution in [-0.2, 0) is 22.7 Å². The van der Waals surface area contributed by atoms with Gasteiger partial charge in [0.1, 0.15) is 11.5 Å². The third kappa shape index (κ3) is 7.43. The number of benzene rings is 2. The largest absolute Gasteiger partial charge is 0.362 e. The van der Waals surface area contributed by atoms with E-state index in [1.807, 2.05) is 61.5 Å². The van der Waals surface area contributed by atoms with Crippen LogP contribution in [0.5, 0.6) is 0 Å². The number of anilines is 1. The number of carbonyl (C=O) groups is 2. The third-order valence-corrected chi connectivity index (χ3v) is 10.4. The normalized spacial score (nSPS) is 17.1. The molecule has 4 N–H and O–H groups in total. The van der Waals surface area contributed by atoms with Crippen LogP contribution < -0.4 is 31.7 Å². The first-order valence-electron chi connectivity index (χ1n) is 17.7. The van der Waals surface area contributed by atoms with E-state index < -0.39 is 0 Å². The monoisotopic (exact) mass is 718 g/mol. The van der Waals surface area contributed by atoms with Crippen LogP contribution in [0.2, 0.25) is 5.02 Å². The van der Waals surface area contributed by atoms with Crippen molar-refractivity contribution in [1.29, 1.82) is 0 Å². The van der Waals surface area contributed by atoms with Crippen LogP contribution in [0.25, 0.3) is 39.2 Å². The van der Waals surface area contributed by atoms with E-state index in [-0.39, 0.29) is 29.5 Å². The molecule has 2 aromatic carbocycles. The molecule has 5 aromatic rings. The summed E-state index contributed by atoms with van der Waals surface area (Å²) in [6.45, 7) is 4.41. The summed E-state index contributed by atoms with van der Waals surface area (Å²) in [5.41, 5.74) is 8.60. The van der Waals surface area contributed by atoms with Crippen LogP contribution >= 0.6 is 11.6 Å². The van der Waals surface area contributed by atoms with Gasteiger partial charge >= 0.3 is 0 Å². The van der Waals surface area contributed by atoms with E-state index in [1.165, 1.54) is 0 Å². The van der Waals surface area contributed by atoms with Crippen LogP contribution in [0.3, 0.4) is 0 Å². The van der Waals surface area contributed by atoms with Gasteiger partial charge in [0.2, 0.25) is 11.8 Å². The van der Waals surface area contributed by atoms with Gasteiger partial charge in [0.15, 0.2) is 0 Å². The van der Waals surface area contributed by atoms with Gasteiger partial charge in [-0.3, -0.25) is 18.8 Å². The lowest BCUT2D eigenvalue weighted by Crippen LogP contribution is -2.36. The van der Waals surface area contributed by atoms with Gasteiger partial charge in [0.25, 0.3) is 5.56 Å². The molecule has 11 nitrogen and oxygen atoms in total. The van der Waals surface area contributed by atoms with E-state index in [0.29, 0.717) is 55.3 Å². The Kier molecular flexibility index (Phi) is 10.4. The quantitative estimate of drug-likeness (QED) is 0.144. The molecule has 2 amide bonds. The van der Waals surface area contributed by atoms with E-state index in [2.05, 4.69) is 51.4 Å². The Bertz CT molecular complexity index is 2220. The maximum Gasteiger partial charge on any atom is 0.262 e. The number of carbonyl (C=O) groups excluding carboxylic acids is 2. The summed E-state index contributed by atoms with van der Waals surface area (Å²) < 4.78 is 1.57. The summed E-state index contributed by atoms with van der Waals surface area (Å²) in [6.07, 6.45) is 6.19. The van der Waals surface area contributed by atoms with Crippen molar-refractivity contribution >= 4 is 34.9 Å². The lowest BCUT2D eigenvalue weighted by Gasteiger charge is -2.20. The summed E-state index contributed by atoms with van der Waals surface area (Å²) in [6, 6.07) is 20.4. The van der Waals surface area contributed by atoms with Crippen molar-refractivity contribution in [2.24, 2.45) is 0 Å². The lowest BCUT2D eigenvalue weighted by atomic mass is 9.92. The molecule has 2 fully saturated rings. The van der Waals surface area contributed by atoms with Gasteiger partial charge < -0.3 is 26.2 Å². The molecule has 0 spiro atoms. The Morgan fingerprint density at radius 3 is 2.12 bits per heavy atom. The minimum absolute atomic E-state index is 0.0726. The van der Waals surface area contributed by atoms with E-state index in [4.69, 9.17) is 16.6 Å². The molecule has 12 heteroatoms. The molecule has 268 valence electrons. The van der Waals surface area contributed by atoms with E-state index in [0.717, 1.165) is 63.3 Å². The first-order valence-corrected chi connectivity index (χ1v) is 18.1. The van der Waals surface area contributed by atoms with Crippen molar-refractivity contribution in [1.82, 2.24) is 35.6 Å². The second-order valence-corrected chi connectivity index (χ2v) is 14.2. The molecule has 2 aliphatic rings. The van der Waals surface area contributed by atoms with Gasteiger partial charge in [-0.25, -0.2) is 9.97 Å². The van der Waals surface area contributed by atoms with E-state index >= 15 is 0 Å². The summed E-state index contributed by atoms with van der Waals surface area (Å²) >= 11 is 7.21. The van der Waals surface area contributed by atoms with Gasteiger partial charge in [-0.2, -0.15) is 0 Å². The predicted octanol–water partition coefficient (Wildman–Crippen LogP) is 4.85.